The minimum atomic E-state index is -0.434. The Kier molecular flexibility index (Phi) is 4.25. The number of aryl methyl sites for hydroxylation is 1. The summed E-state index contributed by atoms with van der Waals surface area (Å²) in [5.74, 6) is -0.658. The van der Waals surface area contributed by atoms with Crippen LogP contribution in [0.5, 0.6) is 0 Å². The predicted molar refractivity (Wildman–Crippen MR) is 61.4 cm³/mol. The second kappa shape index (κ2) is 5.47. The second-order valence-corrected chi connectivity index (χ2v) is 4.01. The van der Waals surface area contributed by atoms with Crippen LogP contribution in [0.4, 0.5) is 0 Å². The van der Waals surface area contributed by atoms with E-state index in [0.29, 0.717) is 5.56 Å². The number of amides is 1. The fourth-order valence-corrected chi connectivity index (χ4v) is 1.39. The Morgan fingerprint density at radius 3 is 2.59 bits per heavy atom. The molecule has 0 unspecified atom stereocenters. The van der Waals surface area contributed by atoms with Crippen LogP contribution in [0.15, 0.2) is 12.4 Å². The van der Waals surface area contributed by atoms with E-state index in [9.17, 15) is 9.59 Å². The first-order valence-electron chi connectivity index (χ1n) is 5.32. The van der Waals surface area contributed by atoms with E-state index in [1.165, 1.54) is 18.2 Å². The predicted octanol–water partition coefficient (Wildman–Crippen LogP) is 0.444. The molecule has 1 amide bonds. The summed E-state index contributed by atoms with van der Waals surface area (Å²) in [6, 6.07) is -0.0817. The van der Waals surface area contributed by atoms with Crippen LogP contribution in [0.25, 0.3) is 0 Å². The van der Waals surface area contributed by atoms with Gasteiger partial charge in [-0.15, -0.1) is 0 Å². The summed E-state index contributed by atoms with van der Waals surface area (Å²) < 4.78 is 6.11. The Morgan fingerprint density at radius 2 is 2.18 bits per heavy atom. The first-order chi connectivity index (χ1) is 7.95. The summed E-state index contributed by atoms with van der Waals surface area (Å²) in [6.07, 6.45) is 3.10. The largest absolute Gasteiger partial charge is 0.468 e. The van der Waals surface area contributed by atoms with Crippen LogP contribution >= 0.6 is 0 Å². The Morgan fingerprint density at radius 1 is 1.53 bits per heavy atom. The lowest BCUT2D eigenvalue weighted by atomic mass is 10.2. The van der Waals surface area contributed by atoms with Crippen molar-refractivity contribution >= 4 is 11.9 Å². The van der Waals surface area contributed by atoms with Gasteiger partial charge in [-0.3, -0.25) is 14.3 Å². The number of carbonyl (C=O) groups excluding carboxylic acids is 2. The molecule has 1 rings (SSSR count). The van der Waals surface area contributed by atoms with Crippen molar-refractivity contribution in [3.8, 4) is 0 Å². The molecule has 0 fully saturated rings. The first kappa shape index (κ1) is 13.2. The number of carbonyl (C=O) groups is 2. The summed E-state index contributed by atoms with van der Waals surface area (Å²) in [5.41, 5.74) is 0.463. The van der Waals surface area contributed by atoms with Gasteiger partial charge in [0.2, 0.25) is 0 Å². The van der Waals surface area contributed by atoms with Gasteiger partial charge in [0.05, 0.1) is 18.9 Å². The molecule has 1 aromatic heterocycles. The van der Waals surface area contributed by atoms with Gasteiger partial charge < -0.3 is 9.64 Å². The molecular formula is C11H17N3O3. The number of aromatic nitrogens is 2. The Balaban J connectivity index is 2.84. The van der Waals surface area contributed by atoms with Crippen LogP contribution in [0.3, 0.4) is 0 Å². The van der Waals surface area contributed by atoms with E-state index in [2.05, 4.69) is 9.84 Å². The number of esters is 1. The van der Waals surface area contributed by atoms with E-state index in [1.54, 1.807) is 17.9 Å². The molecule has 0 aliphatic rings. The van der Waals surface area contributed by atoms with E-state index in [-0.39, 0.29) is 18.5 Å². The lowest BCUT2D eigenvalue weighted by Gasteiger charge is -2.24. The van der Waals surface area contributed by atoms with Gasteiger partial charge in [0, 0.05) is 19.3 Å². The van der Waals surface area contributed by atoms with Crippen molar-refractivity contribution in [1.82, 2.24) is 14.7 Å². The quantitative estimate of drug-likeness (QED) is 0.715. The Hall–Kier alpha value is -1.85. The van der Waals surface area contributed by atoms with E-state index in [1.807, 2.05) is 13.8 Å². The molecule has 1 aromatic rings. The van der Waals surface area contributed by atoms with Gasteiger partial charge in [0.15, 0.2) is 0 Å². The van der Waals surface area contributed by atoms with Crippen LogP contribution in [0.1, 0.15) is 24.2 Å². The average Bonchev–Trinajstić information content (AvgIpc) is 2.71. The van der Waals surface area contributed by atoms with Crippen LogP contribution in [-0.2, 0) is 16.6 Å². The molecule has 0 saturated carbocycles. The average molecular weight is 239 g/mol. The zero-order valence-electron chi connectivity index (χ0n) is 10.5. The molecule has 17 heavy (non-hydrogen) atoms. The Bertz CT molecular complexity index is 412. The van der Waals surface area contributed by atoms with E-state index < -0.39 is 5.97 Å². The molecule has 0 radical (unpaired) electrons. The van der Waals surface area contributed by atoms with Crippen LogP contribution in [0, 0.1) is 0 Å². The van der Waals surface area contributed by atoms with E-state index in [0.717, 1.165) is 0 Å². The van der Waals surface area contributed by atoms with Crippen molar-refractivity contribution in [3.05, 3.63) is 18.0 Å². The molecule has 0 bridgehead atoms. The SMILES string of the molecule is COC(=O)CN(C(=O)c1cnn(C)c1)C(C)C. The molecule has 1 heterocycles. The van der Waals surface area contributed by atoms with Crippen LogP contribution in [0.2, 0.25) is 0 Å². The van der Waals surface area contributed by atoms with Crippen LogP contribution in [-0.4, -0.2) is 46.3 Å². The molecule has 0 N–H and O–H groups in total. The minimum absolute atomic E-state index is 0.0537. The van der Waals surface area contributed by atoms with E-state index >= 15 is 0 Å². The molecule has 0 aromatic carbocycles. The van der Waals surface area contributed by atoms with Gasteiger partial charge in [-0.05, 0) is 13.8 Å². The summed E-state index contributed by atoms with van der Waals surface area (Å²) in [5, 5.41) is 3.93. The minimum Gasteiger partial charge on any atom is -0.468 e. The fraction of sp³-hybridized carbons (Fsp3) is 0.545. The van der Waals surface area contributed by atoms with Crippen molar-refractivity contribution in [2.75, 3.05) is 13.7 Å². The molecule has 0 aliphatic carbocycles. The number of ether oxygens (including phenoxy) is 1. The summed E-state index contributed by atoms with van der Waals surface area (Å²) >= 11 is 0. The monoisotopic (exact) mass is 239 g/mol. The zero-order chi connectivity index (χ0) is 13.0. The van der Waals surface area contributed by atoms with Crippen LogP contribution < -0.4 is 0 Å². The molecule has 94 valence electrons. The highest BCUT2D eigenvalue weighted by Crippen LogP contribution is 2.07. The smallest absolute Gasteiger partial charge is 0.325 e. The second-order valence-electron chi connectivity index (χ2n) is 4.01. The van der Waals surface area contributed by atoms with Gasteiger partial charge in [0.1, 0.15) is 6.54 Å². The fourth-order valence-electron chi connectivity index (χ4n) is 1.39. The topological polar surface area (TPSA) is 64.4 Å². The number of methoxy groups -OCH3 is 1. The van der Waals surface area contributed by atoms with Gasteiger partial charge in [-0.1, -0.05) is 0 Å². The normalized spacial score (nSPS) is 10.4. The van der Waals surface area contributed by atoms with Crippen molar-refractivity contribution in [1.29, 1.82) is 0 Å². The lowest BCUT2D eigenvalue weighted by molar-refractivity contribution is -0.141. The van der Waals surface area contributed by atoms with Crippen molar-refractivity contribution in [2.45, 2.75) is 19.9 Å². The Labute approximate surface area is 100 Å². The van der Waals surface area contributed by atoms with Gasteiger partial charge in [-0.25, -0.2) is 0 Å². The highest BCUT2D eigenvalue weighted by molar-refractivity contribution is 5.95. The molecule has 0 atom stereocenters. The molecule has 0 aliphatic heterocycles. The summed E-state index contributed by atoms with van der Waals surface area (Å²) in [6.45, 7) is 3.64. The summed E-state index contributed by atoms with van der Waals surface area (Å²) in [7, 11) is 3.03. The molecule has 0 spiro atoms. The maximum Gasteiger partial charge on any atom is 0.325 e. The zero-order valence-corrected chi connectivity index (χ0v) is 10.5. The van der Waals surface area contributed by atoms with Gasteiger partial charge in [0.25, 0.3) is 5.91 Å². The first-order valence-corrected chi connectivity index (χ1v) is 5.32. The number of hydrogen-bond acceptors (Lipinski definition) is 4. The maximum absolute atomic E-state index is 12.1. The summed E-state index contributed by atoms with van der Waals surface area (Å²) in [4.78, 5) is 24.8. The maximum atomic E-state index is 12.1. The highest BCUT2D eigenvalue weighted by Gasteiger charge is 2.22. The number of nitrogens with zero attached hydrogens (tertiary/aromatic N) is 3. The third-order valence-corrected chi connectivity index (χ3v) is 2.36. The molecular weight excluding hydrogens is 222 g/mol. The molecule has 6 nitrogen and oxygen atoms in total. The van der Waals surface area contributed by atoms with Crippen molar-refractivity contribution in [2.24, 2.45) is 7.05 Å². The third-order valence-electron chi connectivity index (χ3n) is 2.36. The number of rotatable bonds is 4. The van der Waals surface area contributed by atoms with E-state index in [4.69, 9.17) is 0 Å². The third kappa shape index (κ3) is 3.30. The standard InChI is InChI=1S/C11H17N3O3/c1-8(2)14(7-10(15)17-4)11(16)9-5-12-13(3)6-9/h5-6,8H,7H2,1-4H3. The molecule has 0 saturated heterocycles. The highest BCUT2D eigenvalue weighted by atomic mass is 16.5. The van der Waals surface area contributed by atoms with Crippen molar-refractivity contribution in [3.63, 3.8) is 0 Å². The van der Waals surface area contributed by atoms with Gasteiger partial charge >= 0.3 is 5.97 Å². The van der Waals surface area contributed by atoms with Gasteiger partial charge in [-0.2, -0.15) is 5.10 Å². The number of hydrogen-bond donors (Lipinski definition) is 0. The van der Waals surface area contributed by atoms with Crippen molar-refractivity contribution < 1.29 is 14.3 Å². The lowest BCUT2D eigenvalue weighted by Crippen LogP contribution is -2.40. The molecule has 6 heteroatoms.